The molecule has 144 valence electrons. The Balaban J connectivity index is 1.73. The molecule has 0 saturated heterocycles. The third-order valence-electron chi connectivity index (χ3n) is 4.70. The van der Waals surface area contributed by atoms with Gasteiger partial charge >= 0.3 is 0 Å². The first-order valence-corrected chi connectivity index (χ1v) is 9.00. The van der Waals surface area contributed by atoms with Gasteiger partial charge in [-0.3, -0.25) is 14.7 Å². The SMILES string of the molecule is C=CCONC(=O)Cc1nn(-c2ccc(OC)cc2)c2c1CCc1[nH]ncc1-2. The molecule has 0 bridgehead atoms. The lowest BCUT2D eigenvalue weighted by Gasteiger charge is -2.15. The fourth-order valence-corrected chi connectivity index (χ4v) is 3.41. The number of H-pyrrole nitrogens is 1. The van der Waals surface area contributed by atoms with Crippen molar-refractivity contribution in [3.63, 3.8) is 0 Å². The highest BCUT2D eigenvalue weighted by molar-refractivity contribution is 5.79. The van der Waals surface area contributed by atoms with E-state index in [1.807, 2.05) is 35.1 Å². The molecule has 0 unspecified atom stereocenters. The van der Waals surface area contributed by atoms with E-state index in [1.165, 1.54) is 0 Å². The average molecular weight is 379 g/mol. The van der Waals surface area contributed by atoms with Crippen molar-refractivity contribution in [3.05, 3.63) is 60.1 Å². The lowest BCUT2D eigenvalue weighted by molar-refractivity contribution is -0.131. The van der Waals surface area contributed by atoms with Gasteiger partial charge < -0.3 is 4.74 Å². The van der Waals surface area contributed by atoms with Crippen LogP contribution in [0.2, 0.25) is 0 Å². The van der Waals surface area contributed by atoms with Crippen molar-refractivity contribution in [1.29, 1.82) is 0 Å². The van der Waals surface area contributed by atoms with Crippen molar-refractivity contribution < 1.29 is 14.4 Å². The summed E-state index contributed by atoms with van der Waals surface area (Å²) in [7, 11) is 1.63. The second-order valence-corrected chi connectivity index (χ2v) is 6.45. The Morgan fingerprint density at radius 1 is 1.36 bits per heavy atom. The van der Waals surface area contributed by atoms with Crippen LogP contribution < -0.4 is 10.2 Å². The molecule has 0 saturated carbocycles. The minimum Gasteiger partial charge on any atom is -0.497 e. The summed E-state index contributed by atoms with van der Waals surface area (Å²) in [6, 6.07) is 7.66. The van der Waals surface area contributed by atoms with Gasteiger partial charge in [0, 0.05) is 16.8 Å². The monoisotopic (exact) mass is 379 g/mol. The highest BCUT2D eigenvalue weighted by atomic mass is 16.6. The van der Waals surface area contributed by atoms with E-state index in [0.717, 1.165) is 52.5 Å². The predicted molar refractivity (Wildman–Crippen MR) is 103 cm³/mol. The number of methoxy groups -OCH3 is 1. The zero-order valence-electron chi connectivity index (χ0n) is 15.6. The summed E-state index contributed by atoms with van der Waals surface area (Å²) in [6.45, 7) is 3.81. The normalized spacial score (nSPS) is 12.2. The van der Waals surface area contributed by atoms with Gasteiger partial charge in [-0.25, -0.2) is 10.2 Å². The molecule has 0 radical (unpaired) electrons. The van der Waals surface area contributed by atoms with Crippen molar-refractivity contribution in [2.45, 2.75) is 19.3 Å². The number of hydroxylamine groups is 1. The first kappa shape index (κ1) is 18.0. The van der Waals surface area contributed by atoms with E-state index in [1.54, 1.807) is 13.2 Å². The number of fused-ring (bicyclic) bond motifs is 3. The second-order valence-electron chi connectivity index (χ2n) is 6.45. The molecule has 0 fully saturated rings. The maximum absolute atomic E-state index is 12.2. The molecule has 1 aromatic carbocycles. The van der Waals surface area contributed by atoms with Gasteiger partial charge in [-0.15, -0.1) is 6.58 Å². The number of benzene rings is 1. The van der Waals surface area contributed by atoms with Crippen LogP contribution in [0.15, 0.2) is 43.1 Å². The Hall–Kier alpha value is -3.39. The number of amides is 1. The van der Waals surface area contributed by atoms with Crippen molar-refractivity contribution in [3.8, 4) is 22.7 Å². The Kier molecular flexibility index (Phi) is 4.94. The average Bonchev–Trinajstić information content (AvgIpc) is 3.33. The number of hydrogen-bond acceptors (Lipinski definition) is 5. The Bertz CT molecular complexity index is 1000. The molecule has 0 atom stereocenters. The van der Waals surface area contributed by atoms with Crippen LogP contribution in [0.25, 0.3) is 16.9 Å². The molecule has 0 spiro atoms. The smallest absolute Gasteiger partial charge is 0.249 e. The third kappa shape index (κ3) is 3.29. The molecule has 4 rings (SSSR count). The van der Waals surface area contributed by atoms with Crippen LogP contribution in [0, 0.1) is 0 Å². The number of ether oxygens (including phenoxy) is 1. The summed E-state index contributed by atoms with van der Waals surface area (Å²) in [4.78, 5) is 17.3. The number of carbonyl (C=O) groups excluding carboxylic acids is 1. The summed E-state index contributed by atoms with van der Waals surface area (Å²) in [5, 5.41) is 12.0. The van der Waals surface area contributed by atoms with Gasteiger partial charge in [0.2, 0.25) is 5.91 Å². The van der Waals surface area contributed by atoms with E-state index >= 15 is 0 Å². The van der Waals surface area contributed by atoms with Gasteiger partial charge in [-0.05, 0) is 37.1 Å². The van der Waals surface area contributed by atoms with E-state index in [4.69, 9.17) is 14.7 Å². The highest BCUT2D eigenvalue weighted by Crippen LogP contribution is 2.36. The second kappa shape index (κ2) is 7.69. The number of aryl methyl sites for hydroxylation is 1. The third-order valence-corrected chi connectivity index (χ3v) is 4.70. The highest BCUT2D eigenvalue weighted by Gasteiger charge is 2.28. The number of nitrogens with zero attached hydrogens (tertiary/aromatic N) is 3. The summed E-state index contributed by atoms with van der Waals surface area (Å²) >= 11 is 0. The number of aromatic nitrogens is 4. The predicted octanol–water partition coefficient (Wildman–Crippen LogP) is 2.15. The number of hydrogen-bond donors (Lipinski definition) is 2. The molecule has 1 aliphatic carbocycles. The molecule has 3 aromatic rings. The summed E-state index contributed by atoms with van der Waals surface area (Å²) in [5.41, 5.74) is 8.16. The summed E-state index contributed by atoms with van der Waals surface area (Å²) in [6.07, 6.45) is 5.14. The van der Waals surface area contributed by atoms with Crippen molar-refractivity contribution in [2.75, 3.05) is 13.7 Å². The van der Waals surface area contributed by atoms with Crippen LogP contribution in [0.5, 0.6) is 5.75 Å². The fraction of sp³-hybridized carbons (Fsp3) is 0.250. The first-order valence-electron chi connectivity index (χ1n) is 9.00. The van der Waals surface area contributed by atoms with Gasteiger partial charge in [0.25, 0.3) is 0 Å². The zero-order valence-corrected chi connectivity index (χ0v) is 15.6. The fourth-order valence-electron chi connectivity index (χ4n) is 3.41. The maximum atomic E-state index is 12.2. The van der Waals surface area contributed by atoms with Crippen LogP contribution in [0.4, 0.5) is 0 Å². The standard InChI is InChI=1S/C20H21N5O3/c1-3-10-28-24-19(26)11-18-15-8-9-17-16(12-21-22-17)20(15)25(23-18)13-4-6-14(27-2)7-5-13/h3-7,12H,1,8-11H2,2H3,(H,21,22)(H,24,26). The van der Waals surface area contributed by atoms with Crippen molar-refractivity contribution in [1.82, 2.24) is 25.5 Å². The number of carbonyl (C=O) groups is 1. The first-order chi connectivity index (χ1) is 13.7. The molecule has 1 amide bonds. The van der Waals surface area contributed by atoms with E-state index < -0.39 is 0 Å². The number of rotatable bonds is 7. The number of nitrogens with one attached hydrogen (secondary N) is 2. The van der Waals surface area contributed by atoms with Crippen LogP contribution >= 0.6 is 0 Å². The van der Waals surface area contributed by atoms with Gasteiger partial charge in [-0.1, -0.05) is 6.08 Å². The van der Waals surface area contributed by atoms with Crippen LogP contribution in [0.3, 0.4) is 0 Å². The van der Waals surface area contributed by atoms with Crippen LogP contribution in [-0.2, 0) is 28.9 Å². The Morgan fingerprint density at radius 2 is 2.18 bits per heavy atom. The largest absolute Gasteiger partial charge is 0.497 e. The lowest BCUT2D eigenvalue weighted by Crippen LogP contribution is -2.26. The van der Waals surface area contributed by atoms with Crippen LogP contribution in [0.1, 0.15) is 17.0 Å². The van der Waals surface area contributed by atoms with E-state index in [0.29, 0.717) is 0 Å². The van der Waals surface area contributed by atoms with Crippen molar-refractivity contribution in [2.24, 2.45) is 0 Å². The molecule has 8 nitrogen and oxygen atoms in total. The molecule has 1 aliphatic rings. The molecular weight excluding hydrogens is 358 g/mol. The molecule has 0 aliphatic heterocycles. The Labute approximate surface area is 162 Å². The molecule has 28 heavy (non-hydrogen) atoms. The quantitative estimate of drug-likeness (QED) is 0.373. The van der Waals surface area contributed by atoms with Gasteiger partial charge in [0.05, 0.1) is 43.4 Å². The summed E-state index contributed by atoms with van der Waals surface area (Å²) in [5.74, 6) is 0.523. The van der Waals surface area contributed by atoms with Gasteiger partial charge in [-0.2, -0.15) is 10.2 Å². The van der Waals surface area contributed by atoms with Crippen LogP contribution in [-0.4, -0.2) is 39.6 Å². The van der Waals surface area contributed by atoms with Gasteiger partial charge in [0.15, 0.2) is 0 Å². The maximum Gasteiger partial charge on any atom is 0.249 e. The van der Waals surface area contributed by atoms with E-state index in [-0.39, 0.29) is 18.9 Å². The minimum absolute atomic E-state index is 0.135. The molecule has 8 heteroatoms. The topological polar surface area (TPSA) is 94.1 Å². The van der Waals surface area contributed by atoms with E-state index in [9.17, 15) is 4.79 Å². The molecular formula is C20H21N5O3. The number of aromatic amines is 1. The minimum atomic E-state index is -0.248. The molecule has 2 aromatic heterocycles. The summed E-state index contributed by atoms with van der Waals surface area (Å²) < 4.78 is 7.12. The lowest BCUT2D eigenvalue weighted by atomic mass is 9.93. The van der Waals surface area contributed by atoms with E-state index in [2.05, 4.69) is 22.3 Å². The zero-order chi connectivity index (χ0) is 19.5. The Morgan fingerprint density at radius 3 is 2.93 bits per heavy atom. The van der Waals surface area contributed by atoms with Gasteiger partial charge in [0.1, 0.15) is 5.75 Å². The molecule has 2 N–H and O–H groups in total. The molecule has 2 heterocycles. The van der Waals surface area contributed by atoms with Crippen molar-refractivity contribution >= 4 is 5.91 Å².